The van der Waals surface area contributed by atoms with Crippen molar-refractivity contribution >= 4 is 28.8 Å². The third-order valence-electron chi connectivity index (χ3n) is 5.88. The van der Waals surface area contributed by atoms with Crippen molar-refractivity contribution in [2.45, 2.75) is 25.3 Å². The van der Waals surface area contributed by atoms with Crippen molar-refractivity contribution in [1.82, 2.24) is 24.8 Å². The fourth-order valence-electron chi connectivity index (χ4n) is 4.00. The van der Waals surface area contributed by atoms with Crippen LogP contribution in [0.2, 0.25) is 0 Å². The number of anilines is 1. The van der Waals surface area contributed by atoms with E-state index >= 15 is 0 Å². The van der Waals surface area contributed by atoms with E-state index in [4.69, 9.17) is 4.98 Å². The summed E-state index contributed by atoms with van der Waals surface area (Å²) >= 11 is 0. The van der Waals surface area contributed by atoms with Gasteiger partial charge in [0, 0.05) is 38.4 Å². The Labute approximate surface area is 181 Å². The molecular formula is C23H26N6O2. The number of hydrogen-bond donors (Lipinski definition) is 1. The molecule has 1 N–H and O–H groups in total. The van der Waals surface area contributed by atoms with Crippen molar-refractivity contribution in [1.29, 1.82) is 0 Å². The molecule has 0 radical (unpaired) electrons. The molecule has 0 bridgehead atoms. The van der Waals surface area contributed by atoms with Gasteiger partial charge in [0.1, 0.15) is 11.3 Å². The number of nitrogens with zero attached hydrogens (tertiary/aromatic N) is 5. The molecule has 0 unspecified atom stereocenters. The van der Waals surface area contributed by atoms with Crippen molar-refractivity contribution in [2.75, 3.05) is 37.6 Å². The number of nitrogens with one attached hydrogen (secondary N) is 1. The maximum Gasteiger partial charge on any atom is 0.257 e. The fraction of sp³-hybridized carbons (Fsp3) is 0.391. The Hall–Kier alpha value is -3.60. The Balaban J connectivity index is 1.61. The van der Waals surface area contributed by atoms with Crippen LogP contribution in [0.4, 0.5) is 5.82 Å². The van der Waals surface area contributed by atoms with Crippen LogP contribution in [0.15, 0.2) is 37.7 Å². The monoisotopic (exact) mass is 418 g/mol. The molecule has 0 atom stereocenters. The highest BCUT2D eigenvalue weighted by Crippen LogP contribution is 2.25. The first-order valence-electron chi connectivity index (χ1n) is 10.5. The molecule has 0 spiro atoms. The van der Waals surface area contributed by atoms with Gasteiger partial charge in [-0.2, -0.15) is 0 Å². The molecule has 2 fully saturated rings. The number of rotatable bonds is 5. The molecule has 2 aliphatic rings. The predicted octanol–water partition coefficient (Wildman–Crippen LogP) is 1.98. The first-order chi connectivity index (χ1) is 15.1. The van der Waals surface area contributed by atoms with Crippen LogP contribution < -0.4 is 4.90 Å². The summed E-state index contributed by atoms with van der Waals surface area (Å²) in [5, 5.41) is 0. The van der Waals surface area contributed by atoms with Crippen molar-refractivity contribution in [3.8, 4) is 11.8 Å². The average molecular weight is 419 g/mol. The minimum absolute atomic E-state index is 0.0156. The largest absolute Gasteiger partial charge is 0.344 e. The quantitative estimate of drug-likeness (QED) is 0.593. The van der Waals surface area contributed by atoms with Gasteiger partial charge in [0.25, 0.3) is 5.91 Å². The van der Waals surface area contributed by atoms with Gasteiger partial charge in [-0.3, -0.25) is 9.59 Å². The Morgan fingerprint density at radius 1 is 1.23 bits per heavy atom. The van der Waals surface area contributed by atoms with E-state index in [1.807, 2.05) is 9.80 Å². The molecule has 2 amide bonds. The lowest BCUT2D eigenvalue weighted by Gasteiger charge is -2.38. The van der Waals surface area contributed by atoms with E-state index in [1.165, 1.54) is 6.08 Å². The number of amides is 2. The summed E-state index contributed by atoms with van der Waals surface area (Å²) in [6.07, 6.45) is 8.95. The van der Waals surface area contributed by atoms with Gasteiger partial charge in [0.15, 0.2) is 5.65 Å². The van der Waals surface area contributed by atoms with Gasteiger partial charge in [-0.1, -0.05) is 25.0 Å². The summed E-state index contributed by atoms with van der Waals surface area (Å²) in [6.45, 7) is 10.6. The van der Waals surface area contributed by atoms with Crippen molar-refractivity contribution in [2.24, 2.45) is 0 Å². The van der Waals surface area contributed by atoms with Crippen LogP contribution in [0.3, 0.4) is 0 Å². The SMILES string of the molecule is C=CC#CCN(c1cnc2[nH]cc(C(=O)N3CCC3)c2n1)C1CCN(C(=O)C=C)CC1. The highest BCUT2D eigenvalue weighted by atomic mass is 16.2. The second-order valence-corrected chi connectivity index (χ2v) is 7.69. The lowest BCUT2D eigenvalue weighted by molar-refractivity contribution is -0.127. The summed E-state index contributed by atoms with van der Waals surface area (Å²) < 4.78 is 0. The van der Waals surface area contributed by atoms with E-state index in [0.717, 1.165) is 32.4 Å². The summed E-state index contributed by atoms with van der Waals surface area (Å²) in [5.74, 6) is 6.62. The van der Waals surface area contributed by atoms with E-state index < -0.39 is 0 Å². The number of hydrogen-bond acceptors (Lipinski definition) is 5. The number of carbonyl (C=O) groups is 2. The molecule has 0 aliphatic carbocycles. The van der Waals surface area contributed by atoms with Crippen LogP contribution in [-0.4, -0.2) is 75.3 Å². The highest BCUT2D eigenvalue weighted by Gasteiger charge is 2.29. The molecule has 2 aromatic rings. The minimum Gasteiger partial charge on any atom is -0.344 e. The number of piperidine rings is 1. The molecule has 160 valence electrons. The van der Waals surface area contributed by atoms with E-state index in [2.05, 4.69) is 39.9 Å². The maximum atomic E-state index is 12.8. The first-order valence-corrected chi connectivity index (χ1v) is 10.5. The molecular weight excluding hydrogens is 392 g/mol. The van der Waals surface area contributed by atoms with Crippen LogP contribution in [0, 0.1) is 11.8 Å². The number of carbonyl (C=O) groups excluding carboxylic acids is 2. The van der Waals surface area contributed by atoms with E-state index in [9.17, 15) is 9.59 Å². The Morgan fingerprint density at radius 3 is 2.65 bits per heavy atom. The molecule has 4 heterocycles. The Bertz CT molecular complexity index is 1070. The lowest BCUT2D eigenvalue weighted by atomic mass is 10.0. The zero-order valence-corrected chi connectivity index (χ0v) is 17.5. The van der Waals surface area contributed by atoms with Crippen LogP contribution in [-0.2, 0) is 4.79 Å². The van der Waals surface area contributed by atoms with Crippen molar-refractivity contribution in [3.63, 3.8) is 0 Å². The van der Waals surface area contributed by atoms with Gasteiger partial charge in [-0.05, 0) is 31.4 Å². The summed E-state index contributed by atoms with van der Waals surface area (Å²) in [4.78, 5) is 42.8. The van der Waals surface area contributed by atoms with E-state index in [-0.39, 0.29) is 17.9 Å². The summed E-state index contributed by atoms with van der Waals surface area (Å²) in [6, 6.07) is 0.160. The van der Waals surface area contributed by atoms with Gasteiger partial charge in [-0.15, -0.1) is 0 Å². The summed E-state index contributed by atoms with van der Waals surface area (Å²) in [5.41, 5.74) is 1.72. The van der Waals surface area contributed by atoms with Crippen LogP contribution >= 0.6 is 0 Å². The molecule has 2 aliphatic heterocycles. The second-order valence-electron chi connectivity index (χ2n) is 7.69. The zero-order valence-electron chi connectivity index (χ0n) is 17.5. The molecule has 4 rings (SSSR count). The number of likely N-dealkylation sites (tertiary alicyclic amines) is 2. The number of aromatic nitrogens is 3. The number of aromatic amines is 1. The molecule has 0 saturated carbocycles. The van der Waals surface area contributed by atoms with Crippen LogP contribution in [0.25, 0.3) is 11.2 Å². The molecule has 2 saturated heterocycles. The van der Waals surface area contributed by atoms with E-state index in [0.29, 0.717) is 42.2 Å². The standard InChI is InChI=1S/C23H26N6O2/c1-3-5-6-12-29(17-8-13-27(14-9-17)20(30)4-2)19-16-25-22-21(26-19)18(15-24-22)23(31)28-10-7-11-28/h3-4,15-17H,1-2,7-14H2,(H,24,25). The van der Waals surface area contributed by atoms with Gasteiger partial charge in [0.05, 0.1) is 18.3 Å². The first kappa shape index (κ1) is 20.7. The van der Waals surface area contributed by atoms with Crippen molar-refractivity contribution < 1.29 is 9.59 Å². The zero-order chi connectivity index (χ0) is 21.8. The lowest BCUT2D eigenvalue weighted by Crippen LogP contribution is -2.47. The molecule has 2 aromatic heterocycles. The number of allylic oxidation sites excluding steroid dienone is 1. The maximum absolute atomic E-state index is 12.8. The topological polar surface area (TPSA) is 85.4 Å². The molecule has 0 aromatic carbocycles. The molecule has 8 nitrogen and oxygen atoms in total. The third-order valence-corrected chi connectivity index (χ3v) is 5.88. The molecule has 31 heavy (non-hydrogen) atoms. The highest BCUT2D eigenvalue weighted by molar-refractivity contribution is 6.04. The third kappa shape index (κ3) is 4.17. The Morgan fingerprint density at radius 2 is 2.00 bits per heavy atom. The van der Waals surface area contributed by atoms with Gasteiger partial charge in [-0.25, -0.2) is 9.97 Å². The van der Waals surface area contributed by atoms with E-state index in [1.54, 1.807) is 18.5 Å². The van der Waals surface area contributed by atoms with Crippen molar-refractivity contribution in [3.05, 3.63) is 43.3 Å². The van der Waals surface area contributed by atoms with Crippen LogP contribution in [0.5, 0.6) is 0 Å². The smallest absolute Gasteiger partial charge is 0.257 e. The molecule has 8 heteroatoms. The van der Waals surface area contributed by atoms with Gasteiger partial charge in [0.2, 0.25) is 5.91 Å². The van der Waals surface area contributed by atoms with Crippen LogP contribution in [0.1, 0.15) is 29.6 Å². The fourth-order valence-corrected chi connectivity index (χ4v) is 4.00. The average Bonchev–Trinajstić information content (AvgIpc) is 3.18. The predicted molar refractivity (Wildman–Crippen MR) is 120 cm³/mol. The minimum atomic E-state index is -0.0425. The normalized spacial score (nSPS) is 16.3. The van der Waals surface area contributed by atoms with Gasteiger partial charge < -0.3 is 19.7 Å². The second kappa shape index (κ2) is 9.04. The number of H-pyrrole nitrogens is 1. The van der Waals surface area contributed by atoms with Gasteiger partial charge >= 0.3 is 0 Å². The summed E-state index contributed by atoms with van der Waals surface area (Å²) in [7, 11) is 0. The Kier molecular flexibility index (Phi) is 6.03. The number of fused-ring (bicyclic) bond motifs is 1.